The normalized spacial score (nSPS) is 18.4. The molecule has 1 aliphatic heterocycles. The number of nitro benzene ring substituents is 1. The molecule has 0 aliphatic carbocycles. The molecule has 1 atom stereocenters. The summed E-state index contributed by atoms with van der Waals surface area (Å²) in [6.45, 7) is 6.02. The van der Waals surface area contributed by atoms with Crippen molar-refractivity contribution in [3.63, 3.8) is 0 Å². The SMILES string of the molecule is CCOc1ccc(C(=O)N2CCNC(C)C2)cc1[N+](=O)[O-]. The quantitative estimate of drug-likeness (QED) is 0.670. The smallest absolute Gasteiger partial charge is 0.311 e. The van der Waals surface area contributed by atoms with Crippen molar-refractivity contribution in [2.75, 3.05) is 26.2 Å². The minimum Gasteiger partial charge on any atom is -0.487 e. The Morgan fingerprint density at radius 2 is 2.33 bits per heavy atom. The second-order valence-corrected chi connectivity index (χ2v) is 4.98. The first-order valence-corrected chi connectivity index (χ1v) is 6.96. The van der Waals surface area contributed by atoms with E-state index in [2.05, 4.69) is 5.32 Å². The third-order valence-corrected chi connectivity index (χ3v) is 3.36. The maximum absolute atomic E-state index is 12.4. The van der Waals surface area contributed by atoms with Gasteiger partial charge in [-0.1, -0.05) is 0 Å². The van der Waals surface area contributed by atoms with Gasteiger partial charge in [-0.15, -0.1) is 0 Å². The largest absolute Gasteiger partial charge is 0.487 e. The monoisotopic (exact) mass is 293 g/mol. The Morgan fingerprint density at radius 1 is 1.57 bits per heavy atom. The third kappa shape index (κ3) is 3.49. The Morgan fingerprint density at radius 3 is 2.95 bits per heavy atom. The van der Waals surface area contributed by atoms with Gasteiger partial charge >= 0.3 is 5.69 Å². The lowest BCUT2D eigenvalue weighted by molar-refractivity contribution is -0.385. The van der Waals surface area contributed by atoms with Gasteiger partial charge in [-0.3, -0.25) is 14.9 Å². The van der Waals surface area contributed by atoms with Crippen molar-refractivity contribution in [3.05, 3.63) is 33.9 Å². The van der Waals surface area contributed by atoms with Gasteiger partial charge in [0, 0.05) is 37.3 Å². The average Bonchev–Trinajstić information content (AvgIpc) is 2.47. The van der Waals surface area contributed by atoms with Crippen LogP contribution in [-0.4, -0.2) is 48.0 Å². The summed E-state index contributed by atoms with van der Waals surface area (Å²) in [6, 6.07) is 4.58. The number of benzene rings is 1. The van der Waals surface area contributed by atoms with E-state index < -0.39 is 4.92 Å². The van der Waals surface area contributed by atoms with E-state index in [0.29, 0.717) is 25.3 Å². The highest BCUT2D eigenvalue weighted by atomic mass is 16.6. The zero-order chi connectivity index (χ0) is 15.4. The highest BCUT2D eigenvalue weighted by Crippen LogP contribution is 2.28. The summed E-state index contributed by atoms with van der Waals surface area (Å²) in [5, 5.41) is 14.3. The van der Waals surface area contributed by atoms with Crippen molar-refractivity contribution in [2.24, 2.45) is 0 Å². The van der Waals surface area contributed by atoms with E-state index in [4.69, 9.17) is 4.74 Å². The standard InChI is InChI=1S/C14H19N3O4/c1-3-21-13-5-4-11(8-12(13)17(19)20)14(18)16-7-6-15-10(2)9-16/h4-5,8,10,15H,3,6-7,9H2,1-2H3. The number of piperazine rings is 1. The maximum Gasteiger partial charge on any atom is 0.311 e. The number of nitrogens with zero attached hydrogens (tertiary/aromatic N) is 2. The number of carbonyl (C=O) groups excluding carboxylic acids is 1. The lowest BCUT2D eigenvalue weighted by Crippen LogP contribution is -2.51. The molecule has 0 spiro atoms. The van der Waals surface area contributed by atoms with Crippen LogP contribution in [-0.2, 0) is 0 Å². The highest BCUT2D eigenvalue weighted by molar-refractivity contribution is 5.95. The molecule has 1 fully saturated rings. The predicted octanol–water partition coefficient (Wildman–Crippen LogP) is 1.43. The Labute approximate surface area is 123 Å². The van der Waals surface area contributed by atoms with E-state index in [1.807, 2.05) is 6.92 Å². The predicted molar refractivity (Wildman–Crippen MR) is 77.6 cm³/mol. The van der Waals surface area contributed by atoms with Crippen molar-refractivity contribution in [1.29, 1.82) is 0 Å². The zero-order valence-corrected chi connectivity index (χ0v) is 12.2. The van der Waals surface area contributed by atoms with Crippen LogP contribution in [0.5, 0.6) is 5.75 Å². The van der Waals surface area contributed by atoms with E-state index in [0.717, 1.165) is 6.54 Å². The Bertz CT molecular complexity index is 547. The molecule has 21 heavy (non-hydrogen) atoms. The number of nitro groups is 1. The molecule has 1 amide bonds. The van der Waals surface area contributed by atoms with Gasteiger partial charge in [-0.2, -0.15) is 0 Å². The average molecular weight is 293 g/mol. The van der Waals surface area contributed by atoms with Crippen LogP contribution in [0.15, 0.2) is 18.2 Å². The number of ether oxygens (including phenoxy) is 1. The number of rotatable bonds is 4. The molecule has 7 nitrogen and oxygen atoms in total. The van der Waals surface area contributed by atoms with E-state index in [-0.39, 0.29) is 23.4 Å². The minimum absolute atomic E-state index is 0.175. The molecular weight excluding hydrogens is 274 g/mol. The molecule has 0 radical (unpaired) electrons. The number of hydrogen-bond donors (Lipinski definition) is 1. The van der Waals surface area contributed by atoms with Crippen molar-refractivity contribution >= 4 is 11.6 Å². The fourth-order valence-corrected chi connectivity index (χ4v) is 2.37. The molecule has 1 aromatic carbocycles. The van der Waals surface area contributed by atoms with Crippen LogP contribution >= 0.6 is 0 Å². The molecule has 0 saturated carbocycles. The van der Waals surface area contributed by atoms with Gasteiger partial charge in [-0.05, 0) is 26.0 Å². The molecule has 1 saturated heterocycles. The third-order valence-electron chi connectivity index (χ3n) is 3.36. The second kappa shape index (κ2) is 6.53. The first-order valence-electron chi connectivity index (χ1n) is 6.96. The van der Waals surface area contributed by atoms with Gasteiger partial charge in [0.25, 0.3) is 5.91 Å². The van der Waals surface area contributed by atoms with E-state index in [9.17, 15) is 14.9 Å². The Kier molecular flexibility index (Phi) is 4.74. The Balaban J connectivity index is 2.25. The van der Waals surface area contributed by atoms with Gasteiger partial charge < -0.3 is 15.0 Å². The summed E-state index contributed by atoms with van der Waals surface area (Å²) in [5.41, 5.74) is 0.144. The first-order chi connectivity index (χ1) is 10.0. The number of carbonyl (C=O) groups is 1. The fourth-order valence-electron chi connectivity index (χ4n) is 2.37. The summed E-state index contributed by atoms with van der Waals surface area (Å²) in [7, 11) is 0. The molecule has 1 N–H and O–H groups in total. The molecule has 0 aromatic heterocycles. The lowest BCUT2D eigenvalue weighted by atomic mass is 10.1. The maximum atomic E-state index is 12.4. The van der Waals surface area contributed by atoms with Crippen LogP contribution < -0.4 is 10.1 Å². The van der Waals surface area contributed by atoms with Crippen molar-refractivity contribution < 1.29 is 14.5 Å². The summed E-state index contributed by atoms with van der Waals surface area (Å²) in [4.78, 5) is 24.7. The van der Waals surface area contributed by atoms with Gasteiger partial charge in [0.05, 0.1) is 11.5 Å². The van der Waals surface area contributed by atoms with Crippen molar-refractivity contribution in [2.45, 2.75) is 19.9 Å². The molecule has 7 heteroatoms. The molecule has 1 unspecified atom stereocenters. The minimum atomic E-state index is -0.526. The molecule has 0 bridgehead atoms. The molecule has 1 heterocycles. The van der Waals surface area contributed by atoms with Gasteiger partial charge in [0.1, 0.15) is 0 Å². The Hall–Kier alpha value is -2.15. The van der Waals surface area contributed by atoms with Gasteiger partial charge in [0.15, 0.2) is 5.75 Å². The summed E-state index contributed by atoms with van der Waals surface area (Å²) < 4.78 is 5.22. The molecule has 1 aromatic rings. The number of nitrogens with one attached hydrogen (secondary N) is 1. The highest BCUT2D eigenvalue weighted by Gasteiger charge is 2.24. The van der Waals surface area contributed by atoms with E-state index in [1.165, 1.54) is 12.1 Å². The van der Waals surface area contributed by atoms with Crippen LogP contribution in [0.1, 0.15) is 24.2 Å². The van der Waals surface area contributed by atoms with Crippen LogP contribution in [0.4, 0.5) is 5.69 Å². The van der Waals surface area contributed by atoms with Crippen LogP contribution in [0.3, 0.4) is 0 Å². The van der Waals surface area contributed by atoms with Gasteiger partial charge in [0.2, 0.25) is 0 Å². The van der Waals surface area contributed by atoms with Crippen LogP contribution in [0.2, 0.25) is 0 Å². The van der Waals surface area contributed by atoms with Crippen molar-refractivity contribution in [1.82, 2.24) is 10.2 Å². The van der Waals surface area contributed by atoms with Crippen LogP contribution in [0, 0.1) is 10.1 Å². The summed E-state index contributed by atoms with van der Waals surface area (Å²) in [6.07, 6.45) is 0. The molecular formula is C14H19N3O4. The van der Waals surface area contributed by atoms with E-state index in [1.54, 1.807) is 17.9 Å². The molecule has 2 rings (SSSR count). The topological polar surface area (TPSA) is 84.7 Å². The molecule has 1 aliphatic rings. The summed E-state index contributed by atoms with van der Waals surface area (Å²) in [5.74, 6) is 0.00206. The fraction of sp³-hybridized carbons (Fsp3) is 0.500. The van der Waals surface area contributed by atoms with Crippen molar-refractivity contribution in [3.8, 4) is 5.75 Å². The molecule has 114 valence electrons. The lowest BCUT2D eigenvalue weighted by Gasteiger charge is -2.31. The number of amides is 1. The zero-order valence-electron chi connectivity index (χ0n) is 12.2. The number of hydrogen-bond acceptors (Lipinski definition) is 5. The van der Waals surface area contributed by atoms with Crippen LogP contribution in [0.25, 0.3) is 0 Å². The second-order valence-electron chi connectivity index (χ2n) is 4.98. The van der Waals surface area contributed by atoms with E-state index >= 15 is 0 Å². The van der Waals surface area contributed by atoms with Gasteiger partial charge in [-0.25, -0.2) is 0 Å². The first kappa shape index (κ1) is 15.2. The summed E-state index contributed by atoms with van der Waals surface area (Å²) >= 11 is 0.